The zero-order valence-corrected chi connectivity index (χ0v) is 14.6. The van der Waals surface area contributed by atoms with Crippen LogP contribution < -0.4 is 9.50 Å². The first-order valence-electron chi connectivity index (χ1n) is 7.23. The molecule has 0 spiro atoms. The number of halogens is 1. The van der Waals surface area contributed by atoms with Crippen molar-refractivity contribution in [3.63, 3.8) is 0 Å². The number of amides is 1. The van der Waals surface area contributed by atoms with E-state index in [1.165, 1.54) is 31.3 Å². The van der Waals surface area contributed by atoms with Crippen molar-refractivity contribution < 1.29 is 17.4 Å². The van der Waals surface area contributed by atoms with E-state index in [0.29, 0.717) is 15.9 Å². The lowest BCUT2D eigenvalue weighted by Crippen LogP contribution is -2.13. The highest BCUT2D eigenvalue weighted by Gasteiger charge is 2.22. The van der Waals surface area contributed by atoms with Crippen LogP contribution in [-0.2, 0) is 14.9 Å². The first-order chi connectivity index (χ1) is 11.9. The number of pyridine rings is 1. The summed E-state index contributed by atoms with van der Waals surface area (Å²) in [6.45, 7) is 1.32. The van der Waals surface area contributed by atoms with Gasteiger partial charge in [0.1, 0.15) is 4.90 Å². The predicted octanol–water partition coefficient (Wildman–Crippen LogP) is 3.61. The summed E-state index contributed by atoms with van der Waals surface area (Å²) in [5.41, 5.74) is 0.624. The van der Waals surface area contributed by atoms with Crippen molar-refractivity contribution in [1.29, 1.82) is 0 Å². The van der Waals surface area contributed by atoms with Crippen molar-refractivity contribution in [3.05, 3.63) is 59.8 Å². The van der Waals surface area contributed by atoms with E-state index in [2.05, 4.69) is 10.3 Å². The molecule has 0 saturated carbocycles. The number of aromatic nitrogens is 1. The van der Waals surface area contributed by atoms with E-state index in [0.717, 1.165) is 0 Å². The summed E-state index contributed by atoms with van der Waals surface area (Å²) in [5.74, 6) is -0.320. The molecule has 6 nitrogen and oxygen atoms in total. The van der Waals surface area contributed by atoms with Crippen molar-refractivity contribution in [2.75, 3.05) is 5.32 Å². The van der Waals surface area contributed by atoms with E-state index < -0.39 is 10.1 Å². The molecule has 0 aliphatic rings. The van der Waals surface area contributed by atoms with Crippen molar-refractivity contribution in [2.24, 2.45) is 0 Å². The van der Waals surface area contributed by atoms with Crippen LogP contribution >= 0.6 is 11.6 Å². The number of para-hydroxylation sites is 2. The number of hydrogen-bond acceptors (Lipinski definition) is 5. The minimum Gasteiger partial charge on any atom is -0.377 e. The molecule has 0 aliphatic heterocycles. The van der Waals surface area contributed by atoms with Gasteiger partial charge in [0.25, 0.3) is 0 Å². The number of benzene rings is 2. The van der Waals surface area contributed by atoms with E-state index in [9.17, 15) is 13.2 Å². The smallest absolute Gasteiger partial charge is 0.339 e. The second-order valence-corrected chi connectivity index (χ2v) is 7.08. The minimum absolute atomic E-state index is 0.0182. The molecule has 2 aromatic carbocycles. The molecule has 0 saturated heterocycles. The zero-order chi connectivity index (χ0) is 18.0. The van der Waals surface area contributed by atoms with Crippen LogP contribution in [0.2, 0.25) is 5.02 Å². The fourth-order valence-corrected chi connectivity index (χ4v) is 3.68. The van der Waals surface area contributed by atoms with Gasteiger partial charge in [0.15, 0.2) is 5.75 Å². The standard InChI is InChI=1S/C17H13ClN2O4S/c1-11(21)20-14-6-2-3-7-15(14)24-25(22,23)16-9-8-13(18)17-12(16)5-4-10-19-17/h2-10H,1H3,(H,20,21). The third-order valence-electron chi connectivity index (χ3n) is 3.35. The number of nitrogens with one attached hydrogen (secondary N) is 1. The van der Waals surface area contributed by atoms with E-state index in [1.54, 1.807) is 30.3 Å². The molecule has 1 N–H and O–H groups in total. The number of fused-ring (bicyclic) bond motifs is 1. The Balaban J connectivity index is 2.08. The Kier molecular flexibility index (Phi) is 4.61. The summed E-state index contributed by atoms with van der Waals surface area (Å²) in [6, 6.07) is 12.3. The third-order valence-corrected chi connectivity index (χ3v) is 4.95. The van der Waals surface area contributed by atoms with Crippen LogP contribution in [0.3, 0.4) is 0 Å². The minimum atomic E-state index is -4.16. The highest BCUT2D eigenvalue weighted by molar-refractivity contribution is 7.87. The van der Waals surface area contributed by atoms with Gasteiger partial charge >= 0.3 is 10.1 Å². The van der Waals surface area contributed by atoms with Crippen LogP contribution in [0.4, 0.5) is 5.69 Å². The van der Waals surface area contributed by atoms with Crippen molar-refractivity contribution in [3.8, 4) is 5.75 Å². The lowest BCUT2D eigenvalue weighted by atomic mass is 10.2. The predicted molar refractivity (Wildman–Crippen MR) is 95.3 cm³/mol. The summed E-state index contributed by atoms with van der Waals surface area (Å²) in [5, 5.41) is 3.23. The normalized spacial score (nSPS) is 11.3. The van der Waals surface area contributed by atoms with Gasteiger partial charge in [0, 0.05) is 18.5 Å². The Hall–Kier alpha value is -2.64. The fraction of sp³-hybridized carbons (Fsp3) is 0.0588. The molecule has 0 aliphatic carbocycles. The Morgan fingerprint density at radius 3 is 2.64 bits per heavy atom. The molecule has 8 heteroatoms. The molecule has 0 atom stereocenters. The Labute approximate surface area is 149 Å². The molecular formula is C17H13ClN2O4S. The molecule has 0 unspecified atom stereocenters. The number of hydrogen-bond donors (Lipinski definition) is 1. The van der Waals surface area contributed by atoms with Crippen LogP contribution in [0, 0.1) is 0 Å². The topological polar surface area (TPSA) is 85.4 Å². The van der Waals surface area contributed by atoms with Gasteiger partial charge in [-0.25, -0.2) is 0 Å². The largest absolute Gasteiger partial charge is 0.377 e. The quantitative estimate of drug-likeness (QED) is 0.703. The van der Waals surface area contributed by atoms with Gasteiger partial charge < -0.3 is 9.50 Å². The maximum Gasteiger partial charge on any atom is 0.339 e. The summed E-state index contributed by atoms with van der Waals surface area (Å²) in [6.07, 6.45) is 1.53. The van der Waals surface area contributed by atoms with Gasteiger partial charge in [0.2, 0.25) is 5.91 Å². The highest BCUT2D eigenvalue weighted by atomic mass is 35.5. The van der Waals surface area contributed by atoms with Crippen LogP contribution in [0.25, 0.3) is 10.9 Å². The van der Waals surface area contributed by atoms with E-state index in [4.69, 9.17) is 15.8 Å². The molecule has 0 fully saturated rings. The van der Waals surface area contributed by atoms with Crippen molar-refractivity contribution in [2.45, 2.75) is 11.8 Å². The fourth-order valence-electron chi connectivity index (χ4n) is 2.33. The molecule has 1 heterocycles. The Bertz CT molecular complexity index is 1070. The molecule has 128 valence electrons. The number of nitrogens with zero attached hydrogens (tertiary/aromatic N) is 1. The maximum atomic E-state index is 12.8. The first-order valence-corrected chi connectivity index (χ1v) is 9.01. The van der Waals surface area contributed by atoms with Crippen LogP contribution in [0.1, 0.15) is 6.92 Å². The summed E-state index contributed by atoms with van der Waals surface area (Å²) in [7, 11) is -4.16. The van der Waals surface area contributed by atoms with Gasteiger partial charge in [-0.2, -0.15) is 8.42 Å². The molecule has 3 rings (SSSR count). The molecule has 25 heavy (non-hydrogen) atoms. The van der Waals surface area contributed by atoms with Gasteiger partial charge in [0.05, 0.1) is 16.2 Å². The van der Waals surface area contributed by atoms with Crippen LogP contribution in [-0.4, -0.2) is 19.3 Å². The van der Waals surface area contributed by atoms with E-state index >= 15 is 0 Å². The monoisotopic (exact) mass is 376 g/mol. The van der Waals surface area contributed by atoms with Gasteiger partial charge in [-0.15, -0.1) is 0 Å². The molecule has 0 bridgehead atoms. The van der Waals surface area contributed by atoms with Crippen LogP contribution in [0.15, 0.2) is 59.6 Å². The number of carbonyl (C=O) groups is 1. The lowest BCUT2D eigenvalue weighted by molar-refractivity contribution is -0.114. The molecular weight excluding hydrogens is 364 g/mol. The average Bonchev–Trinajstić information content (AvgIpc) is 2.56. The molecule has 1 amide bonds. The third kappa shape index (κ3) is 3.57. The van der Waals surface area contributed by atoms with Crippen molar-refractivity contribution >= 4 is 44.2 Å². The van der Waals surface area contributed by atoms with Gasteiger partial charge in [-0.3, -0.25) is 9.78 Å². The van der Waals surface area contributed by atoms with Crippen molar-refractivity contribution in [1.82, 2.24) is 4.98 Å². The maximum absolute atomic E-state index is 12.8. The van der Waals surface area contributed by atoms with Gasteiger partial charge in [-0.05, 0) is 36.4 Å². The lowest BCUT2D eigenvalue weighted by Gasteiger charge is -2.13. The first kappa shape index (κ1) is 17.2. The summed E-state index contributed by atoms with van der Waals surface area (Å²) >= 11 is 6.08. The summed E-state index contributed by atoms with van der Waals surface area (Å²) in [4.78, 5) is 15.3. The highest BCUT2D eigenvalue weighted by Crippen LogP contribution is 2.32. The Morgan fingerprint density at radius 2 is 1.88 bits per heavy atom. The average molecular weight is 377 g/mol. The van der Waals surface area contributed by atoms with Crippen LogP contribution in [0.5, 0.6) is 5.75 Å². The van der Waals surface area contributed by atoms with Gasteiger partial charge in [-0.1, -0.05) is 23.7 Å². The molecule has 0 radical (unpaired) electrons. The molecule has 1 aromatic heterocycles. The Morgan fingerprint density at radius 1 is 1.12 bits per heavy atom. The molecule has 3 aromatic rings. The summed E-state index contributed by atoms with van der Waals surface area (Å²) < 4.78 is 30.8. The zero-order valence-electron chi connectivity index (χ0n) is 13.1. The number of rotatable bonds is 4. The number of carbonyl (C=O) groups excluding carboxylic acids is 1. The van der Waals surface area contributed by atoms with E-state index in [-0.39, 0.29) is 22.2 Å². The second kappa shape index (κ2) is 6.70. The second-order valence-electron chi connectivity index (χ2n) is 5.16. The number of anilines is 1. The SMILES string of the molecule is CC(=O)Nc1ccccc1OS(=O)(=O)c1ccc(Cl)c2ncccc12. The van der Waals surface area contributed by atoms with E-state index in [1.807, 2.05) is 0 Å².